The van der Waals surface area contributed by atoms with E-state index < -0.39 is 0 Å². The van der Waals surface area contributed by atoms with Crippen LogP contribution in [-0.4, -0.2) is 19.6 Å². The molecule has 0 saturated heterocycles. The van der Waals surface area contributed by atoms with Crippen molar-refractivity contribution >= 4 is 22.2 Å². The lowest BCUT2D eigenvalue weighted by molar-refractivity contribution is 0.0955. The van der Waals surface area contributed by atoms with Crippen LogP contribution in [0, 0.1) is 6.92 Å². The molecule has 0 aliphatic carbocycles. The van der Waals surface area contributed by atoms with E-state index in [-0.39, 0.29) is 5.91 Å². The second-order valence-electron chi connectivity index (χ2n) is 4.76. The largest absolute Gasteiger partial charge is 0.497 e. The number of nitrogens with two attached hydrogens (primary N) is 1. The number of hydrogen-bond acceptors (Lipinski definition) is 4. The van der Waals surface area contributed by atoms with Gasteiger partial charge in [-0.25, -0.2) is 0 Å². The third-order valence-corrected chi connectivity index (χ3v) is 4.19. The molecule has 3 N–H and O–H groups in total. The van der Waals surface area contributed by atoms with E-state index in [0.717, 1.165) is 28.2 Å². The number of aryl methyl sites for hydroxylation is 1. The maximum absolute atomic E-state index is 12.3. The molecule has 0 radical (unpaired) electrons. The van der Waals surface area contributed by atoms with Crippen LogP contribution in [0.1, 0.15) is 28.6 Å². The minimum atomic E-state index is -0.107. The van der Waals surface area contributed by atoms with Gasteiger partial charge in [-0.2, -0.15) is 0 Å². The van der Waals surface area contributed by atoms with Gasteiger partial charge in [-0.15, -0.1) is 11.3 Å². The Hall–Kier alpha value is -2.01. The average Bonchev–Trinajstić information content (AvgIpc) is 2.79. The Morgan fingerprint density at radius 2 is 2.00 bits per heavy atom. The monoisotopic (exact) mass is 304 g/mol. The van der Waals surface area contributed by atoms with Gasteiger partial charge in [0, 0.05) is 17.0 Å². The van der Waals surface area contributed by atoms with Crippen LogP contribution in [0.2, 0.25) is 0 Å². The molecule has 0 aliphatic rings. The van der Waals surface area contributed by atoms with E-state index in [1.165, 1.54) is 11.3 Å². The molecule has 0 spiro atoms. The first kappa shape index (κ1) is 15.4. The maximum atomic E-state index is 12.3. The van der Waals surface area contributed by atoms with Gasteiger partial charge in [-0.05, 0) is 31.0 Å². The van der Waals surface area contributed by atoms with Gasteiger partial charge >= 0.3 is 0 Å². The summed E-state index contributed by atoms with van der Waals surface area (Å²) in [6, 6.07) is 7.67. The van der Waals surface area contributed by atoms with Gasteiger partial charge in [0.2, 0.25) is 0 Å². The van der Waals surface area contributed by atoms with E-state index in [1.807, 2.05) is 38.1 Å². The Labute approximate surface area is 128 Å². The lowest BCUT2D eigenvalue weighted by Gasteiger charge is -2.08. The molecule has 4 nitrogen and oxygen atoms in total. The fourth-order valence-electron chi connectivity index (χ4n) is 2.22. The number of ether oxygens (including phenoxy) is 1. The van der Waals surface area contributed by atoms with Crippen molar-refractivity contribution in [1.82, 2.24) is 5.32 Å². The zero-order valence-electron chi connectivity index (χ0n) is 12.5. The van der Waals surface area contributed by atoms with Crippen molar-refractivity contribution in [2.45, 2.75) is 20.3 Å². The summed E-state index contributed by atoms with van der Waals surface area (Å²) in [5.74, 6) is 0.682. The summed E-state index contributed by atoms with van der Waals surface area (Å²) in [6.45, 7) is 4.65. The van der Waals surface area contributed by atoms with Gasteiger partial charge in [-0.1, -0.05) is 19.1 Å². The Bertz CT molecular complexity index is 632. The Kier molecular flexibility index (Phi) is 4.85. The molecule has 1 heterocycles. The van der Waals surface area contributed by atoms with Crippen LogP contribution in [0.4, 0.5) is 5.00 Å². The van der Waals surface area contributed by atoms with Gasteiger partial charge in [0.25, 0.3) is 5.91 Å². The van der Waals surface area contributed by atoms with Crippen molar-refractivity contribution < 1.29 is 9.53 Å². The van der Waals surface area contributed by atoms with Crippen molar-refractivity contribution in [2.75, 3.05) is 19.4 Å². The quantitative estimate of drug-likeness (QED) is 0.889. The molecule has 1 aromatic carbocycles. The fourth-order valence-corrected chi connectivity index (χ4v) is 3.17. The first-order valence-electron chi connectivity index (χ1n) is 6.90. The van der Waals surface area contributed by atoms with Crippen molar-refractivity contribution in [3.63, 3.8) is 0 Å². The number of anilines is 1. The SMILES string of the molecule is CCCNC(=O)c1c(N)sc(C)c1-c1ccc(OC)cc1. The number of hydrogen-bond donors (Lipinski definition) is 2. The van der Waals surface area contributed by atoms with Crippen LogP contribution in [-0.2, 0) is 0 Å². The van der Waals surface area contributed by atoms with Crippen LogP contribution in [0.25, 0.3) is 11.1 Å². The van der Waals surface area contributed by atoms with Crippen molar-refractivity contribution in [1.29, 1.82) is 0 Å². The number of amides is 1. The second kappa shape index (κ2) is 6.63. The van der Waals surface area contributed by atoms with E-state index in [2.05, 4.69) is 5.32 Å². The lowest BCUT2D eigenvalue weighted by Crippen LogP contribution is -2.24. The molecule has 0 fully saturated rings. The van der Waals surface area contributed by atoms with Crippen LogP contribution >= 0.6 is 11.3 Å². The standard InChI is InChI=1S/C16H20N2O2S/c1-4-9-18-16(19)14-13(10(2)21-15(14)17)11-5-7-12(20-3)8-6-11/h5-8H,4,9,17H2,1-3H3,(H,18,19). The van der Waals surface area contributed by atoms with Crippen LogP contribution in [0.5, 0.6) is 5.75 Å². The maximum Gasteiger partial charge on any atom is 0.254 e. The Morgan fingerprint density at radius 3 is 2.57 bits per heavy atom. The van der Waals surface area contributed by atoms with Gasteiger partial charge in [0.15, 0.2) is 0 Å². The number of nitrogens with one attached hydrogen (secondary N) is 1. The van der Waals surface area contributed by atoms with Crippen LogP contribution < -0.4 is 15.8 Å². The van der Waals surface area contributed by atoms with Gasteiger partial charge in [0.1, 0.15) is 5.75 Å². The number of rotatable bonds is 5. The third-order valence-electron chi connectivity index (χ3n) is 3.25. The molecule has 0 unspecified atom stereocenters. The van der Waals surface area contributed by atoms with E-state index in [0.29, 0.717) is 17.1 Å². The summed E-state index contributed by atoms with van der Waals surface area (Å²) in [4.78, 5) is 13.4. The molecule has 21 heavy (non-hydrogen) atoms. The number of benzene rings is 1. The smallest absolute Gasteiger partial charge is 0.254 e. The molecule has 2 aromatic rings. The summed E-state index contributed by atoms with van der Waals surface area (Å²) in [6.07, 6.45) is 0.895. The minimum Gasteiger partial charge on any atom is -0.497 e. The van der Waals surface area contributed by atoms with E-state index >= 15 is 0 Å². The molecule has 0 atom stereocenters. The summed E-state index contributed by atoms with van der Waals surface area (Å²) >= 11 is 1.45. The zero-order valence-corrected chi connectivity index (χ0v) is 13.3. The summed E-state index contributed by atoms with van der Waals surface area (Å²) in [5.41, 5.74) is 8.51. The highest BCUT2D eigenvalue weighted by Gasteiger charge is 2.21. The van der Waals surface area contributed by atoms with Crippen LogP contribution in [0.15, 0.2) is 24.3 Å². The molecule has 0 aliphatic heterocycles. The number of nitrogen functional groups attached to an aromatic ring is 1. The molecule has 5 heteroatoms. The zero-order chi connectivity index (χ0) is 15.4. The highest BCUT2D eigenvalue weighted by atomic mass is 32.1. The van der Waals surface area contributed by atoms with Crippen molar-refractivity contribution in [3.8, 4) is 16.9 Å². The molecule has 1 amide bonds. The van der Waals surface area contributed by atoms with Gasteiger partial charge in [-0.3, -0.25) is 4.79 Å². The molecule has 0 saturated carbocycles. The Balaban J connectivity index is 2.44. The molecule has 1 aromatic heterocycles. The molecule has 0 bridgehead atoms. The molecular formula is C16H20N2O2S. The average molecular weight is 304 g/mol. The summed E-state index contributed by atoms with van der Waals surface area (Å²) in [7, 11) is 1.63. The van der Waals surface area contributed by atoms with Gasteiger partial charge in [0.05, 0.1) is 17.7 Å². The first-order valence-corrected chi connectivity index (χ1v) is 7.71. The number of carbonyl (C=O) groups excluding carboxylic acids is 1. The van der Waals surface area contributed by atoms with E-state index in [9.17, 15) is 4.79 Å². The predicted molar refractivity (Wildman–Crippen MR) is 88.1 cm³/mol. The summed E-state index contributed by atoms with van der Waals surface area (Å²) in [5, 5.41) is 3.46. The van der Waals surface area contributed by atoms with E-state index in [4.69, 9.17) is 10.5 Å². The number of methoxy groups -OCH3 is 1. The number of thiophene rings is 1. The normalized spacial score (nSPS) is 10.4. The molecule has 112 valence electrons. The first-order chi connectivity index (χ1) is 10.1. The van der Waals surface area contributed by atoms with E-state index in [1.54, 1.807) is 7.11 Å². The van der Waals surface area contributed by atoms with Crippen molar-refractivity contribution in [2.24, 2.45) is 0 Å². The van der Waals surface area contributed by atoms with Crippen molar-refractivity contribution in [3.05, 3.63) is 34.7 Å². The second-order valence-corrected chi connectivity index (χ2v) is 6.01. The lowest BCUT2D eigenvalue weighted by atomic mass is 10.0. The minimum absolute atomic E-state index is 0.107. The van der Waals surface area contributed by atoms with Crippen LogP contribution in [0.3, 0.4) is 0 Å². The molecule has 2 rings (SSSR count). The highest BCUT2D eigenvalue weighted by molar-refractivity contribution is 7.16. The highest BCUT2D eigenvalue weighted by Crippen LogP contribution is 2.38. The third kappa shape index (κ3) is 3.19. The fraction of sp³-hybridized carbons (Fsp3) is 0.312. The van der Waals surface area contributed by atoms with Gasteiger partial charge < -0.3 is 15.8 Å². The Morgan fingerprint density at radius 1 is 1.33 bits per heavy atom. The number of carbonyl (C=O) groups is 1. The molecular weight excluding hydrogens is 284 g/mol. The summed E-state index contributed by atoms with van der Waals surface area (Å²) < 4.78 is 5.17. The predicted octanol–water partition coefficient (Wildman–Crippen LogP) is 3.45. The topological polar surface area (TPSA) is 64.4 Å².